The number of benzene rings is 2. The van der Waals surface area contributed by atoms with E-state index in [9.17, 15) is 9.90 Å². The average Bonchev–Trinajstić information content (AvgIpc) is 2.85. The summed E-state index contributed by atoms with van der Waals surface area (Å²) in [5.74, 6) is 0. The first-order valence-electron chi connectivity index (χ1n) is 11.6. The van der Waals surface area contributed by atoms with Crippen LogP contribution in [0.3, 0.4) is 0 Å². The van der Waals surface area contributed by atoms with Gasteiger partial charge in [-0.1, -0.05) is 36.4 Å². The van der Waals surface area contributed by atoms with Crippen molar-refractivity contribution in [3.8, 4) is 0 Å². The van der Waals surface area contributed by atoms with Gasteiger partial charge in [0.15, 0.2) is 6.29 Å². The average molecular weight is 456 g/mol. The summed E-state index contributed by atoms with van der Waals surface area (Å²) in [6, 6.07) is 15.2. The number of carbonyl (C=O) groups is 1. The molecule has 0 spiro atoms. The van der Waals surface area contributed by atoms with Gasteiger partial charge in [0, 0.05) is 43.9 Å². The molecule has 4 rings (SSSR count). The van der Waals surface area contributed by atoms with Crippen LogP contribution in [0.1, 0.15) is 42.4 Å². The molecule has 3 atom stereocenters. The number of amides is 2. The number of hydrogen-bond acceptors (Lipinski definition) is 6. The Balaban J connectivity index is 1.49. The summed E-state index contributed by atoms with van der Waals surface area (Å²) >= 11 is 0. The number of aliphatic hydroxyl groups is 1. The number of aliphatic hydroxyl groups excluding tert-OH is 1. The molecule has 0 aromatic heterocycles. The molecule has 0 bridgehead atoms. The summed E-state index contributed by atoms with van der Waals surface area (Å²) in [5, 5.41) is 14.9. The summed E-state index contributed by atoms with van der Waals surface area (Å²) in [7, 11) is 0. The van der Waals surface area contributed by atoms with Gasteiger partial charge in [-0.25, -0.2) is 4.79 Å². The number of rotatable bonds is 7. The van der Waals surface area contributed by atoms with Gasteiger partial charge in [-0.3, -0.25) is 4.90 Å². The Morgan fingerprint density at radius 3 is 2.39 bits per heavy atom. The SMILES string of the molecule is CCNC(=O)Nc1ccc([C@H]2O[C@@H](CN3CCOCC3)C[C@@H](c3ccc(CO)cc3)O2)cc1. The van der Waals surface area contributed by atoms with Gasteiger partial charge in [0.05, 0.1) is 32.0 Å². The van der Waals surface area contributed by atoms with E-state index in [1.165, 1.54) is 0 Å². The summed E-state index contributed by atoms with van der Waals surface area (Å²) in [4.78, 5) is 14.2. The molecule has 0 saturated carbocycles. The van der Waals surface area contributed by atoms with Crippen LogP contribution in [0.2, 0.25) is 0 Å². The lowest BCUT2D eigenvalue weighted by Gasteiger charge is -2.39. The first-order chi connectivity index (χ1) is 16.1. The number of nitrogens with zero attached hydrogens (tertiary/aromatic N) is 1. The monoisotopic (exact) mass is 455 g/mol. The summed E-state index contributed by atoms with van der Waals surface area (Å²) in [6.45, 7) is 6.60. The van der Waals surface area contributed by atoms with Gasteiger partial charge in [-0.05, 0) is 30.2 Å². The fraction of sp³-hybridized carbons (Fsp3) is 0.480. The first kappa shape index (κ1) is 23.7. The smallest absolute Gasteiger partial charge is 0.319 e. The fourth-order valence-corrected chi connectivity index (χ4v) is 4.16. The highest BCUT2D eigenvalue weighted by molar-refractivity contribution is 5.89. The molecular formula is C25H33N3O5. The van der Waals surface area contributed by atoms with E-state index in [1.54, 1.807) is 0 Å². The van der Waals surface area contributed by atoms with E-state index in [4.69, 9.17) is 14.2 Å². The maximum absolute atomic E-state index is 11.8. The van der Waals surface area contributed by atoms with Crippen LogP contribution in [0.5, 0.6) is 0 Å². The Morgan fingerprint density at radius 2 is 1.73 bits per heavy atom. The zero-order valence-electron chi connectivity index (χ0n) is 19.0. The van der Waals surface area contributed by atoms with Gasteiger partial charge in [0.1, 0.15) is 0 Å². The van der Waals surface area contributed by atoms with Crippen molar-refractivity contribution in [1.82, 2.24) is 10.2 Å². The molecule has 2 heterocycles. The fourth-order valence-electron chi connectivity index (χ4n) is 4.16. The van der Waals surface area contributed by atoms with E-state index in [1.807, 2.05) is 55.5 Å². The van der Waals surface area contributed by atoms with Crippen molar-refractivity contribution < 1.29 is 24.1 Å². The van der Waals surface area contributed by atoms with Crippen LogP contribution in [0.25, 0.3) is 0 Å². The van der Waals surface area contributed by atoms with Gasteiger partial charge < -0.3 is 30.0 Å². The molecule has 2 aliphatic rings. The van der Waals surface area contributed by atoms with Crippen molar-refractivity contribution in [2.24, 2.45) is 0 Å². The number of carbonyl (C=O) groups excluding carboxylic acids is 1. The molecule has 33 heavy (non-hydrogen) atoms. The standard InChI is InChI=1S/C25H33N3O5/c1-2-26-25(30)27-21-9-7-20(8-10-21)24-32-22(16-28-11-13-31-14-12-28)15-23(33-24)19-5-3-18(17-29)4-6-19/h3-10,22-24,29H,2,11-17H2,1H3,(H2,26,27,30)/t22-,23+,24+/m1/s1. The summed E-state index contributed by atoms with van der Waals surface area (Å²) in [5.41, 5.74) is 3.56. The topological polar surface area (TPSA) is 92.3 Å². The molecule has 2 amide bonds. The molecule has 0 radical (unpaired) electrons. The van der Waals surface area contributed by atoms with E-state index >= 15 is 0 Å². The minimum Gasteiger partial charge on any atom is -0.392 e. The molecule has 2 saturated heterocycles. The number of morpholine rings is 1. The van der Waals surface area contributed by atoms with Gasteiger partial charge in [0.25, 0.3) is 0 Å². The molecule has 178 valence electrons. The number of ether oxygens (including phenoxy) is 3. The predicted molar refractivity (Wildman–Crippen MR) is 125 cm³/mol. The Labute approximate surface area is 194 Å². The van der Waals surface area contributed by atoms with Crippen LogP contribution < -0.4 is 10.6 Å². The molecule has 2 fully saturated rings. The minimum absolute atomic E-state index is 0.0116. The third-order valence-corrected chi connectivity index (χ3v) is 5.96. The highest BCUT2D eigenvalue weighted by Gasteiger charge is 2.33. The van der Waals surface area contributed by atoms with Crippen molar-refractivity contribution in [3.63, 3.8) is 0 Å². The first-order valence-corrected chi connectivity index (χ1v) is 11.6. The molecule has 8 nitrogen and oxygen atoms in total. The summed E-state index contributed by atoms with van der Waals surface area (Å²) in [6.07, 6.45) is 0.141. The van der Waals surface area contributed by atoms with Crippen molar-refractivity contribution in [1.29, 1.82) is 0 Å². The maximum Gasteiger partial charge on any atom is 0.319 e. The lowest BCUT2D eigenvalue weighted by atomic mass is 9.99. The van der Waals surface area contributed by atoms with Gasteiger partial charge in [-0.2, -0.15) is 0 Å². The van der Waals surface area contributed by atoms with E-state index in [0.717, 1.165) is 56.0 Å². The zero-order chi connectivity index (χ0) is 23.0. The Morgan fingerprint density at radius 1 is 1.03 bits per heavy atom. The van der Waals surface area contributed by atoms with E-state index < -0.39 is 6.29 Å². The minimum atomic E-state index is -0.508. The third-order valence-electron chi connectivity index (χ3n) is 5.96. The second-order valence-electron chi connectivity index (χ2n) is 8.37. The Hall–Kier alpha value is -2.49. The predicted octanol–water partition coefficient (Wildman–Crippen LogP) is 3.20. The second kappa shape index (κ2) is 11.6. The largest absolute Gasteiger partial charge is 0.392 e. The highest BCUT2D eigenvalue weighted by atomic mass is 16.7. The van der Waals surface area contributed by atoms with E-state index in [0.29, 0.717) is 12.2 Å². The Kier molecular flexibility index (Phi) is 8.30. The molecule has 0 unspecified atom stereocenters. The molecule has 2 aromatic carbocycles. The quantitative estimate of drug-likeness (QED) is 0.594. The van der Waals surface area contributed by atoms with E-state index in [-0.39, 0.29) is 24.8 Å². The highest BCUT2D eigenvalue weighted by Crippen LogP contribution is 2.38. The molecule has 2 aliphatic heterocycles. The van der Waals surface area contributed by atoms with Gasteiger partial charge in [-0.15, -0.1) is 0 Å². The van der Waals surface area contributed by atoms with Crippen molar-refractivity contribution >= 4 is 11.7 Å². The van der Waals surface area contributed by atoms with Crippen molar-refractivity contribution in [3.05, 3.63) is 65.2 Å². The van der Waals surface area contributed by atoms with Crippen molar-refractivity contribution in [2.45, 2.75) is 38.4 Å². The molecule has 8 heteroatoms. The summed E-state index contributed by atoms with van der Waals surface area (Å²) < 4.78 is 18.3. The molecular weight excluding hydrogens is 422 g/mol. The van der Waals surface area contributed by atoms with Gasteiger partial charge in [0.2, 0.25) is 0 Å². The van der Waals surface area contributed by atoms with Crippen LogP contribution in [0.15, 0.2) is 48.5 Å². The van der Waals surface area contributed by atoms with Crippen LogP contribution in [0.4, 0.5) is 10.5 Å². The van der Waals surface area contributed by atoms with Crippen LogP contribution in [0, 0.1) is 0 Å². The van der Waals surface area contributed by atoms with Crippen LogP contribution in [-0.2, 0) is 20.8 Å². The lowest BCUT2D eigenvalue weighted by Crippen LogP contribution is -2.44. The third kappa shape index (κ3) is 6.52. The number of hydrogen-bond donors (Lipinski definition) is 3. The second-order valence-corrected chi connectivity index (χ2v) is 8.37. The normalized spacial score (nSPS) is 23.8. The Bertz CT molecular complexity index is 884. The number of anilines is 1. The number of nitrogens with one attached hydrogen (secondary N) is 2. The molecule has 3 N–H and O–H groups in total. The number of urea groups is 1. The zero-order valence-corrected chi connectivity index (χ0v) is 19.0. The van der Waals surface area contributed by atoms with Crippen LogP contribution >= 0.6 is 0 Å². The van der Waals surface area contributed by atoms with Gasteiger partial charge >= 0.3 is 6.03 Å². The maximum atomic E-state index is 11.8. The molecule has 2 aromatic rings. The van der Waals surface area contributed by atoms with Crippen molar-refractivity contribution in [2.75, 3.05) is 44.7 Å². The molecule has 0 aliphatic carbocycles. The lowest BCUT2D eigenvalue weighted by molar-refractivity contribution is -0.253. The van der Waals surface area contributed by atoms with E-state index in [2.05, 4.69) is 15.5 Å². The van der Waals surface area contributed by atoms with Crippen LogP contribution in [-0.4, -0.2) is 61.5 Å².